The predicted molar refractivity (Wildman–Crippen MR) is 109 cm³/mol. The molecule has 29 heavy (non-hydrogen) atoms. The van der Waals surface area contributed by atoms with Crippen molar-refractivity contribution in [3.05, 3.63) is 53.6 Å². The summed E-state index contributed by atoms with van der Waals surface area (Å²) in [6, 6.07) is 12.7. The van der Waals surface area contributed by atoms with Crippen LogP contribution in [0.15, 0.2) is 42.5 Å². The molecular weight excluding hydrogens is 372 g/mol. The van der Waals surface area contributed by atoms with Gasteiger partial charge in [0.2, 0.25) is 0 Å². The lowest BCUT2D eigenvalue weighted by Crippen LogP contribution is -2.51. The number of hydrogen-bond donors (Lipinski definition) is 0. The molecule has 3 rings (SSSR count). The zero-order valence-corrected chi connectivity index (χ0v) is 17.0. The second-order valence-corrected chi connectivity index (χ2v) is 6.83. The molecule has 0 unspecified atom stereocenters. The maximum Gasteiger partial charge on any atom is 0.260 e. The molecule has 7 nitrogen and oxygen atoms in total. The Morgan fingerprint density at radius 1 is 0.897 bits per heavy atom. The Balaban J connectivity index is 1.55. The van der Waals surface area contributed by atoms with Gasteiger partial charge < -0.3 is 24.0 Å². The van der Waals surface area contributed by atoms with E-state index in [0.717, 1.165) is 5.56 Å². The van der Waals surface area contributed by atoms with E-state index < -0.39 is 0 Å². The molecule has 2 aromatic rings. The van der Waals surface area contributed by atoms with Gasteiger partial charge >= 0.3 is 0 Å². The summed E-state index contributed by atoms with van der Waals surface area (Å²) >= 11 is 0. The monoisotopic (exact) mass is 398 g/mol. The fourth-order valence-electron chi connectivity index (χ4n) is 3.22. The van der Waals surface area contributed by atoms with E-state index in [1.54, 1.807) is 42.2 Å². The summed E-state index contributed by atoms with van der Waals surface area (Å²) in [7, 11) is 3.10. The number of aryl methyl sites for hydroxylation is 1. The van der Waals surface area contributed by atoms with Crippen LogP contribution in [0, 0.1) is 6.92 Å². The highest BCUT2D eigenvalue weighted by Crippen LogP contribution is 2.24. The molecule has 1 aliphatic rings. The van der Waals surface area contributed by atoms with Gasteiger partial charge in [0.1, 0.15) is 17.2 Å². The third kappa shape index (κ3) is 4.99. The quantitative estimate of drug-likeness (QED) is 0.747. The first kappa shape index (κ1) is 20.5. The van der Waals surface area contributed by atoms with Crippen molar-refractivity contribution in [3.8, 4) is 17.2 Å². The first-order chi connectivity index (χ1) is 14.0. The van der Waals surface area contributed by atoms with Gasteiger partial charge in [-0.1, -0.05) is 18.2 Å². The van der Waals surface area contributed by atoms with Crippen LogP contribution in [0.25, 0.3) is 0 Å². The van der Waals surface area contributed by atoms with Gasteiger partial charge in [0.25, 0.3) is 11.8 Å². The Morgan fingerprint density at radius 3 is 2.07 bits per heavy atom. The molecule has 1 heterocycles. The molecule has 1 aliphatic heterocycles. The molecule has 2 aromatic carbocycles. The fourth-order valence-corrected chi connectivity index (χ4v) is 3.22. The lowest BCUT2D eigenvalue weighted by atomic mass is 10.1. The van der Waals surface area contributed by atoms with Crippen LogP contribution in [0.5, 0.6) is 17.2 Å². The Hall–Kier alpha value is -3.22. The van der Waals surface area contributed by atoms with Crippen molar-refractivity contribution in [1.82, 2.24) is 9.80 Å². The summed E-state index contributed by atoms with van der Waals surface area (Å²) in [5, 5.41) is 0. The van der Waals surface area contributed by atoms with Crippen molar-refractivity contribution < 1.29 is 23.8 Å². The van der Waals surface area contributed by atoms with Gasteiger partial charge in [-0.3, -0.25) is 9.59 Å². The van der Waals surface area contributed by atoms with Crippen LogP contribution in [0.4, 0.5) is 0 Å². The van der Waals surface area contributed by atoms with Crippen molar-refractivity contribution in [1.29, 1.82) is 0 Å². The van der Waals surface area contributed by atoms with Gasteiger partial charge in [-0.15, -0.1) is 0 Å². The summed E-state index contributed by atoms with van der Waals surface area (Å²) in [5.41, 5.74) is 1.49. The third-order valence-electron chi connectivity index (χ3n) is 4.96. The van der Waals surface area contributed by atoms with Gasteiger partial charge in [0, 0.05) is 37.8 Å². The number of amides is 2. The molecule has 0 saturated carbocycles. The van der Waals surface area contributed by atoms with Crippen molar-refractivity contribution in [2.24, 2.45) is 0 Å². The fraction of sp³-hybridized carbons (Fsp3) is 0.364. The van der Waals surface area contributed by atoms with E-state index in [1.807, 2.05) is 31.2 Å². The number of rotatable bonds is 6. The maximum atomic E-state index is 12.8. The summed E-state index contributed by atoms with van der Waals surface area (Å²) in [4.78, 5) is 28.8. The SMILES string of the molecule is COc1cc(OC)cc(C(=O)N2CCN(C(=O)COc3ccccc3C)CC2)c1. The van der Waals surface area contributed by atoms with Gasteiger partial charge in [-0.2, -0.15) is 0 Å². The van der Waals surface area contributed by atoms with Gasteiger partial charge in [0.15, 0.2) is 6.61 Å². The molecule has 1 saturated heterocycles. The van der Waals surface area contributed by atoms with Crippen LogP contribution in [0.2, 0.25) is 0 Å². The van der Waals surface area contributed by atoms with Crippen LogP contribution >= 0.6 is 0 Å². The molecule has 0 atom stereocenters. The number of carbonyl (C=O) groups is 2. The molecule has 0 spiro atoms. The normalized spacial score (nSPS) is 13.8. The Morgan fingerprint density at radius 2 is 1.48 bits per heavy atom. The van der Waals surface area contributed by atoms with E-state index in [-0.39, 0.29) is 18.4 Å². The van der Waals surface area contributed by atoms with Crippen LogP contribution in [0.3, 0.4) is 0 Å². The summed E-state index contributed by atoms with van der Waals surface area (Å²) in [6.45, 7) is 3.82. The second kappa shape index (κ2) is 9.32. The van der Waals surface area contributed by atoms with Crippen LogP contribution in [-0.4, -0.2) is 68.6 Å². The highest BCUT2D eigenvalue weighted by Gasteiger charge is 2.25. The molecule has 0 N–H and O–H groups in total. The first-order valence-electron chi connectivity index (χ1n) is 9.50. The minimum Gasteiger partial charge on any atom is -0.497 e. The summed E-state index contributed by atoms with van der Waals surface area (Å²) in [5.74, 6) is 1.65. The predicted octanol–water partition coefficient (Wildman–Crippen LogP) is 2.38. The van der Waals surface area contributed by atoms with Crippen molar-refractivity contribution >= 4 is 11.8 Å². The van der Waals surface area contributed by atoms with Crippen LogP contribution in [0.1, 0.15) is 15.9 Å². The molecule has 0 aromatic heterocycles. The maximum absolute atomic E-state index is 12.8. The molecule has 1 fully saturated rings. The summed E-state index contributed by atoms with van der Waals surface area (Å²) in [6.07, 6.45) is 0. The number of carbonyl (C=O) groups excluding carboxylic acids is 2. The van der Waals surface area contributed by atoms with Crippen LogP contribution in [-0.2, 0) is 4.79 Å². The van der Waals surface area contributed by atoms with Gasteiger partial charge in [-0.25, -0.2) is 0 Å². The van der Waals surface area contributed by atoms with Crippen LogP contribution < -0.4 is 14.2 Å². The first-order valence-corrected chi connectivity index (χ1v) is 9.50. The molecule has 7 heteroatoms. The number of hydrogen-bond acceptors (Lipinski definition) is 5. The third-order valence-corrected chi connectivity index (χ3v) is 4.96. The molecule has 154 valence electrons. The Labute approximate surface area is 170 Å². The number of methoxy groups -OCH3 is 2. The molecule has 0 radical (unpaired) electrons. The lowest BCUT2D eigenvalue weighted by Gasteiger charge is -2.34. The topological polar surface area (TPSA) is 68.3 Å². The van der Waals surface area contributed by atoms with Gasteiger partial charge in [-0.05, 0) is 30.7 Å². The Bertz CT molecular complexity index is 853. The van der Waals surface area contributed by atoms with Crippen molar-refractivity contribution in [3.63, 3.8) is 0 Å². The smallest absolute Gasteiger partial charge is 0.260 e. The number of piperazine rings is 1. The number of ether oxygens (including phenoxy) is 3. The average Bonchev–Trinajstić information content (AvgIpc) is 2.77. The van der Waals surface area contributed by atoms with E-state index in [2.05, 4.69) is 0 Å². The number of benzene rings is 2. The zero-order chi connectivity index (χ0) is 20.8. The lowest BCUT2D eigenvalue weighted by molar-refractivity contribution is -0.134. The molecular formula is C22H26N2O5. The second-order valence-electron chi connectivity index (χ2n) is 6.83. The minimum atomic E-state index is -0.106. The van der Waals surface area contributed by atoms with E-state index in [4.69, 9.17) is 14.2 Å². The zero-order valence-electron chi connectivity index (χ0n) is 17.0. The standard InChI is InChI=1S/C22H26N2O5/c1-16-6-4-5-7-20(16)29-15-21(25)23-8-10-24(11-9-23)22(26)17-12-18(27-2)14-19(13-17)28-3/h4-7,12-14H,8-11,15H2,1-3H3. The summed E-state index contributed by atoms with van der Waals surface area (Å²) < 4.78 is 16.1. The highest BCUT2D eigenvalue weighted by molar-refractivity contribution is 5.95. The van der Waals surface area contributed by atoms with Crippen molar-refractivity contribution in [2.45, 2.75) is 6.92 Å². The highest BCUT2D eigenvalue weighted by atomic mass is 16.5. The van der Waals surface area contributed by atoms with E-state index >= 15 is 0 Å². The average molecular weight is 398 g/mol. The van der Waals surface area contributed by atoms with E-state index in [1.165, 1.54) is 0 Å². The molecule has 2 amide bonds. The Kier molecular flexibility index (Phi) is 6.59. The van der Waals surface area contributed by atoms with Gasteiger partial charge in [0.05, 0.1) is 14.2 Å². The minimum absolute atomic E-state index is 0.00805. The number of para-hydroxylation sites is 1. The number of nitrogens with zero attached hydrogens (tertiary/aromatic N) is 2. The van der Waals surface area contributed by atoms with E-state index in [0.29, 0.717) is 49.0 Å². The largest absolute Gasteiger partial charge is 0.497 e. The van der Waals surface area contributed by atoms with E-state index in [9.17, 15) is 9.59 Å². The van der Waals surface area contributed by atoms with Crippen molar-refractivity contribution in [2.75, 3.05) is 47.0 Å². The molecule has 0 bridgehead atoms. The molecule has 0 aliphatic carbocycles.